The molecule has 188 valence electrons. The number of ether oxygens (including phenoxy) is 2. The van der Waals surface area contributed by atoms with Crippen LogP contribution in [0, 0.1) is 6.92 Å². The number of anilines is 2. The number of carbonyl (C=O) groups is 2. The molecule has 0 radical (unpaired) electrons. The minimum absolute atomic E-state index is 0.160. The molecule has 0 aromatic heterocycles. The fourth-order valence-corrected chi connectivity index (χ4v) is 4.81. The predicted molar refractivity (Wildman–Crippen MR) is 149 cm³/mol. The minimum Gasteiger partial charge on any atom is -0.497 e. The van der Waals surface area contributed by atoms with Gasteiger partial charge in [-0.15, -0.1) is 11.8 Å². The number of carbonyl (C=O) groups excluding carboxylic acids is 2. The predicted octanol–water partition coefficient (Wildman–Crippen LogP) is 6.74. The van der Waals surface area contributed by atoms with Crippen LogP contribution >= 0.6 is 11.8 Å². The van der Waals surface area contributed by atoms with Crippen molar-refractivity contribution in [1.82, 2.24) is 0 Å². The SMILES string of the molecule is COc1ccc(OC)c(NC(=O)C(Sc2ccc(NC(=O)c3ccccc3C)cc2)c2ccccc2)c1. The summed E-state index contributed by atoms with van der Waals surface area (Å²) in [5.41, 5.74) is 3.62. The molecule has 0 saturated carbocycles. The molecule has 4 aromatic carbocycles. The second kappa shape index (κ2) is 12.1. The molecular weight excluding hydrogens is 484 g/mol. The van der Waals surface area contributed by atoms with Crippen LogP contribution in [0.5, 0.6) is 11.5 Å². The number of nitrogens with one attached hydrogen (secondary N) is 2. The zero-order valence-electron chi connectivity index (χ0n) is 20.9. The average Bonchev–Trinajstić information content (AvgIpc) is 2.93. The molecule has 1 atom stereocenters. The van der Waals surface area contributed by atoms with Gasteiger partial charge in [0.25, 0.3) is 5.91 Å². The number of amides is 2. The lowest BCUT2D eigenvalue weighted by Gasteiger charge is -2.19. The van der Waals surface area contributed by atoms with Crippen molar-refractivity contribution in [3.8, 4) is 11.5 Å². The van der Waals surface area contributed by atoms with E-state index in [1.54, 1.807) is 38.5 Å². The quantitative estimate of drug-likeness (QED) is 0.243. The van der Waals surface area contributed by atoms with Crippen LogP contribution in [0.15, 0.2) is 102 Å². The molecule has 4 rings (SSSR count). The van der Waals surface area contributed by atoms with E-state index >= 15 is 0 Å². The summed E-state index contributed by atoms with van der Waals surface area (Å²) in [5, 5.41) is 5.41. The summed E-state index contributed by atoms with van der Waals surface area (Å²) in [7, 11) is 3.13. The highest BCUT2D eigenvalue weighted by Crippen LogP contribution is 2.38. The Kier molecular flexibility index (Phi) is 8.48. The van der Waals surface area contributed by atoms with Crippen LogP contribution in [0.3, 0.4) is 0 Å². The van der Waals surface area contributed by atoms with Crippen molar-refractivity contribution >= 4 is 35.0 Å². The van der Waals surface area contributed by atoms with E-state index in [1.165, 1.54) is 11.8 Å². The number of methoxy groups -OCH3 is 2. The standard InChI is InChI=1S/C30H28N2O4S/c1-20-9-7-8-12-25(20)29(33)31-22-13-16-24(17-14-22)37-28(21-10-5-4-6-11-21)30(34)32-26-19-23(35-2)15-18-27(26)36-3/h4-19,28H,1-3H3,(H,31,33)(H,32,34). The van der Waals surface area contributed by atoms with Crippen molar-refractivity contribution in [3.05, 3.63) is 114 Å². The van der Waals surface area contributed by atoms with E-state index in [0.29, 0.717) is 28.4 Å². The first-order valence-corrected chi connectivity index (χ1v) is 12.6. The van der Waals surface area contributed by atoms with Crippen molar-refractivity contribution in [2.75, 3.05) is 24.9 Å². The molecule has 0 spiro atoms. The molecule has 7 heteroatoms. The lowest BCUT2D eigenvalue weighted by atomic mass is 10.1. The van der Waals surface area contributed by atoms with Gasteiger partial charge in [-0.1, -0.05) is 48.5 Å². The van der Waals surface area contributed by atoms with Gasteiger partial charge in [-0.3, -0.25) is 9.59 Å². The van der Waals surface area contributed by atoms with Gasteiger partial charge in [0.05, 0.1) is 19.9 Å². The average molecular weight is 513 g/mol. The lowest BCUT2D eigenvalue weighted by Crippen LogP contribution is -2.19. The van der Waals surface area contributed by atoms with Crippen LogP contribution in [-0.4, -0.2) is 26.0 Å². The number of rotatable bonds is 9. The number of thioether (sulfide) groups is 1. The summed E-state index contributed by atoms with van der Waals surface area (Å²) in [6, 6.07) is 29.8. The Balaban J connectivity index is 1.53. The number of hydrogen-bond donors (Lipinski definition) is 2. The number of aryl methyl sites for hydroxylation is 1. The Morgan fingerprint density at radius 3 is 2.16 bits per heavy atom. The Morgan fingerprint density at radius 1 is 0.784 bits per heavy atom. The number of benzene rings is 4. The molecule has 1 unspecified atom stereocenters. The fraction of sp³-hybridized carbons (Fsp3) is 0.133. The third-order valence-electron chi connectivity index (χ3n) is 5.76. The van der Waals surface area contributed by atoms with Crippen LogP contribution in [-0.2, 0) is 4.79 Å². The van der Waals surface area contributed by atoms with E-state index in [9.17, 15) is 9.59 Å². The zero-order valence-corrected chi connectivity index (χ0v) is 21.7. The molecule has 0 aliphatic heterocycles. The minimum atomic E-state index is -0.524. The fourth-order valence-electron chi connectivity index (χ4n) is 3.79. The molecule has 0 aliphatic rings. The smallest absolute Gasteiger partial charge is 0.255 e. The molecule has 2 amide bonds. The molecule has 37 heavy (non-hydrogen) atoms. The normalized spacial score (nSPS) is 11.3. The molecule has 0 heterocycles. The van der Waals surface area contributed by atoms with E-state index in [-0.39, 0.29) is 11.8 Å². The molecular formula is C30H28N2O4S. The van der Waals surface area contributed by atoms with Crippen molar-refractivity contribution in [2.24, 2.45) is 0 Å². The Morgan fingerprint density at radius 2 is 1.49 bits per heavy atom. The maximum atomic E-state index is 13.5. The van der Waals surface area contributed by atoms with E-state index < -0.39 is 5.25 Å². The first-order valence-electron chi connectivity index (χ1n) is 11.7. The van der Waals surface area contributed by atoms with E-state index in [4.69, 9.17) is 9.47 Å². The van der Waals surface area contributed by atoms with Gasteiger partial charge in [0.2, 0.25) is 5.91 Å². The second-order valence-corrected chi connectivity index (χ2v) is 9.44. The van der Waals surface area contributed by atoms with E-state index in [2.05, 4.69) is 10.6 Å². The third-order valence-corrected chi connectivity index (χ3v) is 7.03. The summed E-state index contributed by atoms with van der Waals surface area (Å²) in [6.07, 6.45) is 0. The summed E-state index contributed by atoms with van der Waals surface area (Å²) >= 11 is 1.42. The monoisotopic (exact) mass is 512 g/mol. The van der Waals surface area contributed by atoms with E-state index in [1.807, 2.05) is 79.7 Å². The van der Waals surface area contributed by atoms with Gasteiger partial charge in [-0.2, -0.15) is 0 Å². The highest BCUT2D eigenvalue weighted by atomic mass is 32.2. The molecule has 6 nitrogen and oxygen atoms in total. The van der Waals surface area contributed by atoms with Crippen LogP contribution in [0.25, 0.3) is 0 Å². The van der Waals surface area contributed by atoms with Crippen molar-refractivity contribution in [1.29, 1.82) is 0 Å². The third kappa shape index (κ3) is 6.51. The summed E-state index contributed by atoms with van der Waals surface area (Å²) in [6.45, 7) is 1.91. The van der Waals surface area contributed by atoms with Crippen LogP contribution in [0.2, 0.25) is 0 Å². The van der Waals surface area contributed by atoms with Crippen molar-refractivity contribution in [2.45, 2.75) is 17.1 Å². The molecule has 2 N–H and O–H groups in total. The van der Waals surface area contributed by atoms with Crippen LogP contribution < -0.4 is 20.1 Å². The van der Waals surface area contributed by atoms with Crippen molar-refractivity contribution in [3.63, 3.8) is 0 Å². The summed E-state index contributed by atoms with van der Waals surface area (Å²) in [4.78, 5) is 27.0. The lowest BCUT2D eigenvalue weighted by molar-refractivity contribution is -0.115. The highest BCUT2D eigenvalue weighted by Gasteiger charge is 2.23. The van der Waals surface area contributed by atoms with Gasteiger partial charge in [-0.05, 0) is 60.5 Å². The maximum absolute atomic E-state index is 13.5. The van der Waals surface area contributed by atoms with Gasteiger partial charge < -0.3 is 20.1 Å². The molecule has 4 aromatic rings. The second-order valence-electron chi connectivity index (χ2n) is 8.26. The van der Waals surface area contributed by atoms with Gasteiger partial charge in [0.1, 0.15) is 16.7 Å². The van der Waals surface area contributed by atoms with Gasteiger partial charge in [0.15, 0.2) is 0 Å². The van der Waals surface area contributed by atoms with Crippen molar-refractivity contribution < 1.29 is 19.1 Å². The summed E-state index contributed by atoms with van der Waals surface area (Å²) < 4.78 is 10.7. The Labute approximate surface area is 221 Å². The molecule has 0 aliphatic carbocycles. The highest BCUT2D eigenvalue weighted by molar-refractivity contribution is 8.00. The largest absolute Gasteiger partial charge is 0.497 e. The van der Waals surface area contributed by atoms with Gasteiger partial charge in [0, 0.05) is 22.2 Å². The van der Waals surface area contributed by atoms with Crippen LogP contribution in [0.1, 0.15) is 26.7 Å². The first-order chi connectivity index (χ1) is 18.0. The van der Waals surface area contributed by atoms with Gasteiger partial charge >= 0.3 is 0 Å². The zero-order chi connectivity index (χ0) is 26.2. The molecule has 0 saturated heterocycles. The maximum Gasteiger partial charge on any atom is 0.255 e. The molecule has 0 bridgehead atoms. The Hall–Kier alpha value is -4.23. The molecule has 0 fully saturated rings. The summed E-state index contributed by atoms with van der Waals surface area (Å²) in [5.74, 6) is 0.801. The van der Waals surface area contributed by atoms with Gasteiger partial charge in [-0.25, -0.2) is 0 Å². The Bertz CT molecular complexity index is 1370. The number of hydrogen-bond acceptors (Lipinski definition) is 5. The first kappa shape index (κ1) is 25.9. The van der Waals surface area contributed by atoms with E-state index in [0.717, 1.165) is 16.0 Å². The van der Waals surface area contributed by atoms with Crippen LogP contribution in [0.4, 0.5) is 11.4 Å². The topological polar surface area (TPSA) is 76.7 Å².